The summed E-state index contributed by atoms with van der Waals surface area (Å²) in [7, 11) is 2.77. The topological polar surface area (TPSA) is 116 Å². The Hall–Kier alpha value is -3.96. The van der Waals surface area contributed by atoms with Gasteiger partial charge in [-0.05, 0) is 42.3 Å². The van der Waals surface area contributed by atoms with Gasteiger partial charge in [-0.15, -0.1) is 4.33 Å². The number of nitrogens with one attached hydrogen (secondary N) is 1. The Bertz CT molecular complexity index is 1630. The Balaban J connectivity index is 1.84. The van der Waals surface area contributed by atoms with E-state index in [0.717, 1.165) is 17.6 Å². The van der Waals surface area contributed by atoms with Crippen LogP contribution in [-0.2, 0) is 21.2 Å². The number of esters is 1. The zero-order chi connectivity index (χ0) is 25.6. The van der Waals surface area contributed by atoms with Crippen LogP contribution in [-0.4, -0.2) is 28.7 Å². The summed E-state index contributed by atoms with van der Waals surface area (Å²) in [5, 5.41) is 16.1. The molecule has 0 saturated carbocycles. The van der Waals surface area contributed by atoms with Crippen LogP contribution in [0.4, 0.5) is 11.4 Å². The summed E-state index contributed by atoms with van der Waals surface area (Å²) in [5.74, 6) is -1.03. The Labute approximate surface area is 209 Å². The Kier molecular flexibility index (Phi) is 6.10. The largest absolute Gasteiger partial charge is 0.465 e. The van der Waals surface area contributed by atoms with Crippen LogP contribution in [0.15, 0.2) is 64.3 Å². The fourth-order valence-electron chi connectivity index (χ4n) is 4.57. The maximum absolute atomic E-state index is 13.8. The number of benzene rings is 3. The third-order valence-corrected chi connectivity index (χ3v) is 6.83. The van der Waals surface area contributed by atoms with Crippen LogP contribution in [0, 0.1) is 6.92 Å². The average Bonchev–Trinajstić information content (AvgIpc) is 2.89. The van der Waals surface area contributed by atoms with Crippen LogP contribution in [0.5, 0.6) is 0 Å². The van der Waals surface area contributed by atoms with Crippen LogP contribution < -0.4 is 10.9 Å². The molecule has 1 aliphatic rings. The molecule has 36 heavy (non-hydrogen) atoms. The molecule has 0 amide bonds. The molecule has 0 atom stereocenters. The number of fused-ring (bicyclic) bond motifs is 2. The lowest BCUT2D eigenvalue weighted by molar-refractivity contribution is -0.432. The number of aryl methyl sites for hydroxylation is 2. The summed E-state index contributed by atoms with van der Waals surface area (Å²) in [6.45, 7) is 1.90. The molecule has 0 fully saturated rings. The average molecular weight is 505 g/mol. The summed E-state index contributed by atoms with van der Waals surface area (Å²) in [6.07, 6.45) is 0. The second-order valence-electron chi connectivity index (χ2n) is 8.21. The van der Waals surface area contributed by atoms with Crippen molar-refractivity contribution in [3.63, 3.8) is 0 Å². The lowest BCUT2D eigenvalue weighted by Gasteiger charge is -2.25. The predicted molar refractivity (Wildman–Crippen MR) is 135 cm³/mol. The van der Waals surface area contributed by atoms with Crippen molar-refractivity contribution < 1.29 is 29.0 Å². The van der Waals surface area contributed by atoms with Crippen molar-refractivity contribution in [2.75, 3.05) is 12.4 Å². The van der Waals surface area contributed by atoms with E-state index >= 15 is 0 Å². The van der Waals surface area contributed by atoms with E-state index in [0.29, 0.717) is 49.4 Å². The standard InChI is InChI=1S/C26H20N2O7S/c1-13-8-9-16(19(12-13)36-35-34-32)27-17-10-11-18-22-20(23(26(31)33-3)25(30)28(18)2)14-6-4-5-7-15(14)24(29)21(17)22/h4-12,27,32H,1-3H3. The van der Waals surface area contributed by atoms with Crippen LogP contribution in [0.25, 0.3) is 22.0 Å². The van der Waals surface area contributed by atoms with Crippen molar-refractivity contribution in [1.29, 1.82) is 0 Å². The fourth-order valence-corrected chi connectivity index (χ4v) is 5.11. The van der Waals surface area contributed by atoms with E-state index in [1.54, 1.807) is 49.5 Å². The molecular weight excluding hydrogens is 484 g/mol. The summed E-state index contributed by atoms with van der Waals surface area (Å²) in [5.41, 5.74) is 3.39. The highest BCUT2D eigenvalue weighted by molar-refractivity contribution is 7.94. The number of ether oxygens (including phenoxy) is 1. The molecule has 0 radical (unpaired) electrons. The first-order valence-corrected chi connectivity index (χ1v) is 11.6. The number of aromatic nitrogens is 1. The summed E-state index contributed by atoms with van der Waals surface area (Å²) < 4.78 is 10.9. The van der Waals surface area contributed by atoms with Gasteiger partial charge in [0.2, 0.25) is 0 Å². The van der Waals surface area contributed by atoms with Crippen LogP contribution >= 0.6 is 12.0 Å². The van der Waals surface area contributed by atoms with E-state index in [2.05, 4.69) is 14.7 Å². The smallest absolute Gasteiger partial charge is 0.344 e. The van der Waals surface area contributed by atoms with Crippen molar-refractivity contribution in [2.24, 2.45) is 7.05 Å². The van der Waals surface area contributed by atoms with E-state index < -0.39 is 11.5 Å². The number of hydrogen-bond acceptors (Lipinski definition) is 9. The first-order valence-electron chi connectivity index (χ1n) is 10.8. The first-order chi connectivity index (χ1) is 17.4. The number of carbonyl (C=O) groups excluding carboxylic acids is 2. The number of ketones is 1. The van der Waals surface area contributed by atoms with Gasteiger partial charge in [-0.25, -0.2) is 10.1 Å². The van der Waals surface area contributed by atoms with Gasteiger partial charge in [0.1, 0.15) is 5.56 Å². The van der Waals surface area contributed by atoms with Gasteiger partial charge in [0, 0.05) is 23.6 Å². The molecule has 0 bridgehead atoms. The molecule has 9 nitrogen and oxygen atoms in total. The number of anilines is 2. The molecule has 0 spiro atoms. The van der Waals surface area contributed by atoms with E-state index in [9.17, 15) is 14.4 Å². The maximum Gasteiger partial charge on any atom is 0.344 e. The highest BCUT2D eigenvalue weighted by atomic mass is 32.2. The molecule has 4 aromatic rings. The third kappa shape index (κ3) is 3.67. The SMILES string of the molecule is COC(=O)c1c2c3c(c(Nc4ccc(C)cc4SOOO)ccc3n(C)c1=O)C(=O)c1ccccc1-2. The zero-order valence-corrected chi connectivity index (χ0v) is 20.3. The quantitative estimate of drug-likeness (QED) is 0.142. The van der Waals surface area contributed by atoms with Gasteiger partial charge in [0.15, 0.2) is 5.78 Å². The molecule has 5 rings (SSSR count). The first kappa shape index (κ1) is 23.8. The summed E-state index contributed by atoms with van der Waals surface area (Å²) >= 11 is 0.792. The van der Waals surface area contributed by atoms with Gasteiger partial charge >= 0.3 is 5.97 Å². The summed E-state index contributed by atoms with van der Waals surface area (Å²) in [6, 6.07) is 15.8. The van der Waals surface area contributed by atoms with Crippen LogP contribution in [0.2, 0.25) is 0 Å². The third-order valence-electron chi connectivity index (χ3n) is 6.18. The normalized spacial score (nSPS) is 11.9. The fraction of sp³-hybridized carbons (Fsp3) is 0.115. The van der Waals surface area contributed by atoms with E-state index in [1.807, 2.05) is 19.1 Å². The number of carbonyl (C=O) groups is 2. The van der Waals surface area contributed by atoms with Crippen molar-refractivity contribution >= 4 is 46.1 Å². The highest BCUT2D eigenvalue weighted by Crippen LogP contribution is 2.44. The monoisotopic (exact) mass is 504 g/mol. The molecule has 1 aliphatic carbocycles. The Morgan fingerprint density at radius 2 is 1.72 bits per heavy atom. The van der Waals surface area contributed by atoms with E-state index in [-0.39, 0.29) is 11.3 Å². The molecule has 1 heterocycles. The highest BCUT2D eigenvalue weighted by Gasteiger charge is 2.34. The molecule has 182 valence electrons. The molecule has 0 saturated heterocycles. The van der Waals surface area contributed by atoms with Crippen LogP contribution in [0.3, 0.4) is 0 Å². The van der Waals surface area contributed by atoms with Crippen molar-refractivity contribution in [1.82, 2.24) is 4.57 Å². The van der Waals surface area contributed by atoms with Crippen molar-refractivity contribution in [3.05, 3.63) is 87.2 Å². The Morgan fingerprint density at radius 3 is 2.44 bits per heavy atom. The van der Waals surface area contributed by atoms with Crippen molar-refractivity contribution in [3.8, 4) is 11.1 Å². The minimum atomic E-state index is -0.778. The minimum Gasteiger partial charge on any atom is -0.465 e. The van der Waals surface area contributed by atoms with Crippen molar-refractivity contribution in [2.45, 2.75) is 11.8 Å². The van der Waals surface area contributed by atoms with Gasteiger partial charge in [0.25, 0.3) is 5.56 Å². The van der Waals surface area contributed by atoms with Gasteiger partial charge < -0.3 is 14.6 Å². The van der Waals surface area contributed by atoms with E-state index in [1.165, 1.54) is 11.7 Å². The van der Waals surface area contributed by atoms with Gasteiger partial charge in [-0.1, -0.05) is 35.4 Å². The molecule has 1 aromatic heterocycles. The second-order valence-corrected chi connectivity index (χ2v) is 8.96. The zero-order valence-electron chi connectivity index (χ0n) is 19.4. The molecule has 0 aliphatic heterocycles. The number of pyridine rings is 1. The number of nitrogens with zero attached hydrogens (tertiary/aromatic N) is 1. The lowest BCUT2D eigenvalue weighted by Crippen LogP contribution is -2.29. The molecule has 10 heteroatoms. The molecule has 3 aromatic carbocycles. The van der Waals surface area contributed by atoms with Gasteiger partial charge in [-0.3, -0.25) is 9.59 Å². The maximum atomic E-state index is 13.8. The molecular formula is C26H20N2O7S. The van der Waals surface area contributed by atoms with Gasteiger partial charge in [0.05, 0.1) is 46.5 Å². The van der Waals surface area contributed by atoms with Crippen LogP contribution in [0.1, 0.15) is 31.8 Å². The second kappa shape index (κ2) is 9.25. The predicted octanol–water partition coefficient (Wildman–Crippen LogP) is 5.02. The van der Waals surface area contributed by atoms with E-state index in [4.69, 9.17) is 9.99 Å². The van der Waals surface area contributed by atoms with Gasteiger partial charge in [-0.2, -0.15) is 0 Å². The molecule has 2 N–H and O–H groups in total. The molecule has 0 unspecified atom stereocenters. The lowest BCUT2D eigenvalue weighted by atomic mass is 9.81. The number of hydrogen-bond donors (Lipinski definition) is 2. The Morgan fingerprint density at radius 1 is 1.00 bits per heavy atom. The summed E-state index contributed by atoms with van der Waals surface area (Å²) in [4.78, 5) is 40.5. The minimum absolute atomic E-state index is 0.133. The number of rotatable bonds is 6. The number of methoxy groups -OCH3 is 1.